The number of pyridine rings is 1. The number of aromatic nitrogens is 6. The summed E-state index contributed by atoms with van der Waals surface area (Å²) in [4.78, 5) is 42.9. The van der Waals surface area contributed by atoms with Crippen molar-refractivity contribution in [1.29, 1.82) is 0 Å². The van der Waals surface area contributed by atoms with E-state index >= 15 is 0 Å². The van der Waals surface area contributed by atoms with Gasteiger partial charge < -0.3 is 24.4 Å². The molecule has 0 spiro atoms. The molecule has 5 rings (SSSR count). The van der Waals surface area contributed by atoms with E-state index in [2.05, 4.69) is 25.5 Å². The molecule has 4 aromatic rings. The third-order valence-corrected chi connectivity index (χ3v) is 9.53. The molecule has 1 saturated carbocycles. The number of nitrogens with zero attached hydrogens (tertiary/aromatic N) is 6. The van der Waals surface area contributed by atoms with E-state index in [4.69, 9.17) is 18.7 Å². The van der Waals surface area contributed by atoms with Crippen LogP contribution in [0.3, 0.4) is 0 Å². The molecule has 1 aliphatic rings. The predicted molar refractivity (Wildman–Crippen MR) is 173 cm³/mol. The van der Waals surface area contributed by atoms with E-state index in [-0.39, 0.29) is 48.3 Å². The van der Waals surface area contributed by atoms with Gasteiger partial charge in [0.1, 0.15) is 35.4 Å². The van der Waals surface area contributed by atoms with Gasteiger partial charge in [0, 0.05) is 29.9 Å². The van der Waals surface area contributed by atoms with Gasteiger partial charge in [0.25, 0.3) is 5.91 Å². The number of hydrogen-bond acceptors (Lipinski definition) is 12. The number of thiazole rings is 1. The Morgan fingerprint density at radius 2 is 1.92 bits per heavy atom. The second-order valence-corrected chi connectivity index (χ2v) is 14.2. The maximum absolute atomic E-state index is 14.8. The van der Waals surface area contributed by atoms with E-state index < -0.39 is 43.7 Å². The molecule has 19 heteroatoms. The molecule has 1 unspecified atom stereocenters. The Labute approximate surface area is 284 Å². The molecule has 0 radical (unpaired) electrons. The molecule has 0 saturated heterocycles. The topological polar surface area (TPSA) is 182 Å². The quantitative estimate of drug-likeness (QED) is 0.0876. The zero-order valence-corrected chi connectivity index (χ0v) is 28.7. The lowest BCUT2D eigenvalue weighted by molar-refractivity contribution is 0.0260. The summed E-state index contributed by atoms with van der Waals surface area (Å²) in [6, 6.07) is 1.82. The Morgan fingerprint density at radius 1 is 1.14 bits per heavy atom. The van der Waals surface area contributed by atoms with Gasteiger partial charge >= 0.3 is 13.8 Å². The molecule has 0 aliphatic heterocycles. The zero-order valence-electron chi connectivity index (χ0n) is 27.0. The first kappa shape index (κ1) is 36.2. The maximum atomic E-state index is 14.8. The number of carbonyl (C=O) groups excluding carboxylic acids is 2. The van der Waals surface area contributed by atoms with Crippen molar-refractivity contribution < 1.29 is 46.6 Å². The molecular weight excluding hydrogens is 687 g/mol. The fourth-order valence-corrected chi connectivity index (χ4v) is 6.59. The second kappa shape index (κ2) is 16.1. The number of amides is 1. The Balaban J connectivity index is 1.24. The SMILES string of the molecule is CCOC1CCC(n2cc(NC(=O)c3csc(-c4cnn(COP(=O)(O)CCOC(=O)OC(C)C)c4)n3)c(-c3nc(F)ccc3F)n2)CC1. The van der Waals surface area contributed by atoms with Crippen LogP contribution in [0.5, 0.6) is 0 Å². The summed E-state index contributed by atoms with van der Waals surface area (Å²) in [6.45, 7) is 5.10. The van der Waals surface area contributed by atoms with Crippen molar-refractivity contribution in [1.82, 2.24) is 29.5 Å². The Kier molecular flexibility index (Phi) is 11.9. The van der Waals surface area contributed by atoms with E-state index in [1.54, 1.807) is 24.7 Å². The lowest BCUT2D eigenvalue weighted by atomic mass is 9.93. The molecule has 4 aromatic heterocycles. The smallest absolute Gasteiger partial charge is 0.434 e. The minimum atomic E-state index is -4.12. The molecule has 1 atom stereocenters. The minimum Gasteiger partial charge on any atom is -0.434 e. The molecule has 0 bridgehead atoms. The van der Waals surface area contributed by atoms with Crippen molar-refractivity contribution in [2.45, 2.75) is 71.4 Å². The van der Waals surface area contributed by atoms with Crippen LogP contribution in [-0.2, 0) is 30.0 Å². The molecule has 1 aliphatic carbocycles. The van der Waals surface area contributed by atoms with Crippen molar-refractivity contribution in [3.63, 3.8) is 0 Å². The highest BCUT2D eigenvalue weighted by Gasteiger charge is 2.27. The Morgan fingerprint density at radius 3 is 2.65 bits per heavy atom. The number of ether oxygens (including phenoxy) is 3. The maximum Gasteiger partial charge on any atom is 0.508 e. The molecule has 1 fully saturated rings. The molecule has 49 heavy (non-hydrogen) atoms. The van der Waals surface area contributed by atoms with Crippen LogP contribution in [0.15, 0.2) is 36.1 Å². The summed E-state index contributed by atoms with van der Waals surface area (Å²) < 4.78 is 64.5. The normalized spacial score (nSPS) is 17.5. The molecule has 15 nitrogen and oxygen atoms in total. The monoisotopic (exact) mass is 723 g/mol. The first-order valence-electron chi connectivity index (χ1n) is 15.5. The molecule has 4 heterocycles. The number of nitrogens with one attached hydrogen (secondary N) is 1. The summed E-state index contributed by atoms with van der Waals surface area (Å²) in [5.74, 6) is -2.30. The average molecular weight is 724 g/mol. The van der Waals surface area contributed by atoms with Gasteiger partial charge in [-0.25, -0.2) is 23.8 Å². The van der Waals surface area contributed by atoms with Gasteiger partial charge in [-0.1, -0.05) is 0 Å². The minimum absolute atomic E-state index is 0.0164. The van der Waals surface area contributed by atoms with Crippen molar-refractivity contribution in [3.05, 3.63) is 53.6 Å². The molecule has 264 valence electrons. The molecular formula is C30H36F2N7O8PS. The fraction of sp³-hybridized carbons (Fsp3) is 0.467. The van der Waals surface area contributed by atoms with Gasteiger partial charge in [0.15, 0.2) is 5.82 Å². The van der Waals surface area contributed by atoms with Crippen molar-refractivity contribution in [3.8, 4) is 22.0 Å². The van der Waals surface area contributed by atoms with E-state index in [0.717, 1.165) is 49.2 Å². The zero-order chi connectivity index (χ0) is 35.1. The van der Waals surface area contributed by atoms with Gasteiger partial charge in [-0.05, 0) is 58.6 Å². The Bertz CT molecular complexity index is 1810. The molecule has 1 amide bonds. The van der Waals surface area contributed by atoms with E-state index in [9.17, 15) is 27.8 Å². The van der Waals surface area contributed by atoms with Crippen LogP contribution in [-0.4, -0.2) is 78.1 Å². The highest BCUT2D eigenvalue weighted by molar-refractivity contribution is 7.52. The number of rotatable bonds is 14. The summed E-state index contributed by atoms with van der Waals surface area (Å²) >= 11 is 1.15. The average Bonchev–Trinajstić information content (AvgIpc) is 3.82. The van der Waals surface area contributed by atoms with Crippen LogP contribution in [0.25, 0.3) is 22.0 Å². The molecule has 0 aromatic carbocycles. The largest absolute Gasteiger partial charge is 0.508 e. The Hall–Kier alpha value is -4.09. The first-order valence-corrected chi connectivity index (χ1v) is 18.2. The summed E-state index contributed by atoms with van der Waals surface area (Å²) in [5, 5.41) is 13.3. The number of hydrogen-bond donors (Lipinski definition) is 2. The summed E-state index contributed by atoms with van der Waals surface area (Å²) in [6.07, 6.45) is 6.05. The lowest BCUT2D eigenvalue weighted by Crippen LogP contribution is -2.24. The van der Waals surface area contributed by atoms with Crippen LogP contribution < -0.4 is 5.32 Å². The van der Waals surface area contributed by atoms with Crippen LogP contribution in [0.2, 0.25) is 0 Å². The van der Waals surface area contributed by atoms with Crippen LogP contribution in [0, 0.1) is 11.8 Å². The van der Waals surface area contributed by atoms with E-state index in [0.29, 0.717) is 17.2 Å². The van der Waals surface area contributed by atoms with Crippen molar-refractivity contribution in [2.24, 2.45) is 0 Å². The van der Waals surface area contributed by atoms with Gasteiger partial charge in [0.2, 0.25) is 5.95 Å². The standard InChI is InChI=1S/C30H36F2N7O8PS/c1-4-44-21-7-5-20(6-8-21)39-15-23(27(37-39)26-22(31)9-10-25(32)36-26)34-28(40)24-16-49-29(35-24)19-13-33-38(14-19)17-46-48(42,43)12-11-45-30(41)47-18(2)3/h9-10,13-16,18,20-21H,4-8,11-12,17H2,1-3H3,(H,34,40)(H,42,43). The first-order chi connectivity index (χ1) is 23.4. The highest BCUT2D eigenvalue weighted by Crippen LogP contribution is 2.42. The summed E-state index contributed by atoms with van der Waals surface area (Å²) in [5.41, 5.74) is 0.339. The van der Waals surface area contributed by atoms with Crippen LogP contribution in [0.4, 0.5) is 19.3 Å². The van der Waals surface area contributed by atoms with Crippen molar-refractivity contribution in [2.75, 3.05) is 24.7 Å². The fourth-order valence-electron chi connectivity index (χ4n) is 5.07. The number of halogens is 2. The van der Waals surface area contributed by atoms with Gasteiger partial charge in [-0.15, -0.1) is 11.3 Å². The lowest BCUT2D eigenvalue weighted by Gasteiger charge is -2.28. The third-order valence-electron chi connectivity index (χ3n) is 7.37. The molecule has 2 N–H and O–H groups in total. The predicted octanol–water partition coefficient (Wildman–Crippen LogP) is 6.04. The van der Waals surface area contributed by atoms with Crippen LogP contribution in [0.1, 0.15) is 63.0 Å². The second-order valence-electron chi connectivity index (χ2n) is 11.4. The van der Waals surface area contributed by atoms with Gasteiger partial charge in [-0.2, -0.15) is 14.6 Å². The van der Waals surface area contributed by atoms with Gasteiger partial charge in [-0.3, -0.25) is 18.6 Å². The number of anilines is 1. The van der Waals surface area contributed by atoms with Gasteiger partial charge in [0.05, 0.1) is 36.3 Å². The highest BCUT2D eigenvalue weighted by atomic mass is 32.1. The number of carbonyl (C=O) groups is 2. The van der Waals surface area contributed by atoms with E-state index in [1.165, 1.54) is 22.5 Å². The van der Waals surface area contributed by atoms with Crippen molar-refractivity contribution >= 4 is 36.7 Å². The van der Waals surface area contributed by atoms with Crippen LogP contribution >= 0.6 is 18.9 Å². The third kappa shape index (κ3) is 9.76. The summed E-state index contributed by atoms with van der Waals surface area (Å²) in [7, 11) is -4.12. The van der Waals surface area contributed by atoms with E-state index in [1.807, 2.05) is 6.92 Å².